The number of nitrogens with one attached hydrogen (secondary N) is 2. The Labute approximate surface area is 129 Å². The van der Waals surface area contributed by atoms with E-state index in [4.69, 9.17) is 10.2 Å². The number of carbonyl (C=O) groups is 4. The third-order valence-corrected chi connectivity index (χ3v) is 1.83. The monoisotopic (exact) mass is 320 g/mol. The van der Waals surface area contributed by atoms with Gasteiger partial charge in [0.15, 0.2) is 0 Å². The third-order valence-electron chi connectivity index (χ3n) is 1.83. The van der Waals surface area contributed by atoms with Gasteiger partial charge in [0.05, 0.1) is 12.8 Å². The summed E-state index contributed by atoms with van der Waals surface area (Å²) < 4.78 is 0. The summed E-state index contributed by atoms with van der Waals surface area (Å²) in [7, 11) is 6.88. The number of hydrogen-bond acceptors (Lipinski definition) is 6. The zero-order valence-electron chi connectivity index (χ0n) is 13.3. The zero-order valence-corrected chi connectivity index (χ0v) is 13.3. The molecule has 0 saturated carbocycles. The van der Waals surface area contributed by atoms with Gasteiger partial charge < -0.3 is 10.2 Å². The van der Waals surface area contributed by atoms with Gasteiger partial charge in [-0.15, -0.1) is 0 Å². The highest BCUT2D eigenvalue weighted by Crippen LogP contribution is 1.89. The molecule has 10 heteroatoms. The van der Waals surface area contributed by atoms with Crippen LogP contribution in [-0.2, 0) is 19.2 Å². The van der Waals surface area contributed by atoms with E-state index in [1.807, 2.05) is 0 Å². The van der Waals surface area contributed by atoms with Crippen molar-refractivity contribution in [2.75, 3.05) is 28.2 Å². The molecule has 22 heavy (non-hydrogen) atoms. The second kappa shape index (κ2) is 12.5. The van der Waals surface area contributed by atoms with Gasteiger partial charge in [-0.2, -0.15) is 0 Å². The number of rotatable bonds is 8. The van der Waals surface area contributed by atoms with Gasteiger partial charge in [0, 0.05) is 41.0 Å². The van der Waals surface area contributed by atoms with E-state index in [2.05, 4.69) is 10.9 Å². The van der Waals surface area contributed by atoms with E-state index in [0.717, 1.165) is 0 Å². The molecular weight excluding hydrogens is 296 g/mol. The number of nitrogens with zero attached hydrogens (tertiary/aromatic N) is 2. The van der Waals surface area contributed by atoms with Gasteiger partial charge in [0.1, 0.15) is 0 Å². The molecule has 128 valence electrons. The lowest BCUT2D eigenvalue weighted by Crippen LogP contribution is -2.39. The number of hydrogen-bond donors (Lipinski definition) is 4. The van der Waals surface area contributed by atoms with E-state index in [1.165, 1.54) is 0 Å². The standard InChI is InChI=1S/C8H18N4O2.C4H6O4/c1-11(2)9-7(13)5-6-8(14)10-12(3)4;5-3(6)1-2-4(7)8/h5-6H2,1-4H3,(H,9,13)(H,10,14);1-2H2,(H,5,6)(H,7,8). The Morgan fingerprint density at radius 1 is 0.682 bits per heavy atom. The summed E-state index contributed by atoms with van der Waals surface area (Å²) in [6.07, 6.45) is -0.208. The molecule has 0 aromatic carbocycles. The molecule has 0 aromatic heterocycles. The molecule has 0 atom stereocenters. The van der Waals surface area contributed by atoms with Crippen molar-refractivity contribution in [2.24, 2.45) is 0 Å². The lowest BCUT2D eigenvalue weighted by atomic mass is 10.3. The van der Waals surface area contributed by atoms with Gasteiger partial charge >= 0.3 is 11.9 Å². The molecule has 0 aromatic rings. The first kappa shape index (κ1) is 22.1. The SMILES string of the molecule is CN(C)NC(=O)CCC(=O)NN(C)C.O=C(O)CCC(=O)O. The van der Waals surface area contributed by atoms with Crippen LogP contribution in [0.5, 0.6) is 0 Å². The maximum absolute atomic E-state index is 11.1. The maximum atomic E-state index is 11.1. The molecule has 0 unspecified atom stereocenters. The topological polar surface area (TPSA) is 139 Å². The highest BCUT2D eigenvalue weighted by atomic mass is 16.4. The molecule has 0 fully saturated rings. The average molecular weight is 320 g/mol. The zero-order chi connectivity index (χ0) is 17.7. The fraction of sp³-hybridized carbons (Fsp3) is 0.667. The van der Waals surface area contributed by atoms with Crippen molar-refractivity contribution in [3.8, 4) is 0 Å². The number of carbonyl (C=O) groups excluding carboxylic acids is 2. The van der Waals surface area contributed by atoms with E-state index < -0.39 is 11.9 Å². The van der Waals surface area contributed by atoms with Crippen LogP contribution in [0.2, 0.25) is 0 Å². The van der Waals surface area contributed by atoms with E-state index in [0.29, 0.717) is 0 Å². The van der Waals surface area contributed by atoms with Crippen LogP contribution in [0.1, 0.15) is 25.7 Å². The van der Waals surface area contributed by atoms with Gasteiger partial charge in [-0.25, -0.2) is 10.0 Å². The fourth-order valence-corrected chi connectivity index (χ4v) is 1.05. The lowest BCUT2D eigenvalue weighted by Gasteiger charge is -2.13. The van der Waals surface area contributed by atoms with Crippen LogP contribution in [0.25, 0.3) is 0 Å². The van der Waals surface area contributed by atoms with Crippen LogP contribution in [-0.4, -0.2) is 72.2 Å². The first-order valence-corrected chi connectivity index (χ1v) is 6.41. The Balaban J connectivity index is 0. The smallest absolute Gasteiger partial charge is 0.303 e. The Hall–Kier alpha value is -2.20. The number of carboxylic acids is 2. The molecule has 0 aliphatic rings. The molecule has 0 saturated heterocycles. The van der Waals surface area contributed by atoms with Crippen molar-refractivity contribution >= 4 is 23.8 Å². The van der Waals surface area contributed by atoms with Gasteiger partial charge in [0.2, 0.25) is 11.8 Å². The lowest BCUT2D eigenvalue weighted by molar-refractivity contribution is -0.143. The van der Waals surface area contributed by atoms with Crippen LogP contribution in [0, 0.1) is 0 Å². The highest BCUT2D eigenvalue weighted by molar-refractivity contribution is 5.83. The van der Waals surface area contributed by atoms with Crippen molar-refractivity contribution in [1.29, 1.82) is 0 Å². The average Bonchev–Trinajstić information content (AvgIpc) is 2.33. The summed E-state index contributed by atoms with van der Waals surface area (Å²) in [6.45, 7) is 0. The first-order valence-electron chi connectivity index (χ1n) is 6.41. The van der Waals surface area contributed by atoms with E-state index >= 15 is 0 Å². The quantitative estimate of drug-likeness (QED) is 0.413. The van der Waals surface area contributed by atoms with E-state index in [1.54, 1.807) is 38.2 Å². The fourth-order valence-electron chi connectivity index (χ4n) is 1.05. The van der Waals surface area contributed by atoms with E-state index in [-0.39, 0.29) is 37.5 Å². The van der Waals surface area contributed by atoms with Gasteiger partial charge in [-0.1, -0.05) is 0 Å². The third kappa shape index (κ3) is 20.1. The normalized spacial score (nSPS) is 9.73. The van der Waals surface area contributed by atoms with Crippen LogP contribution in [0.3, 0.4) is 0 Å². The van der Waals surface area contributed by atoms with Crippen LogP contribution in [0.15, 0.2) is 0 Å². The molecule has 0 bridgehead atoms. The Bertz CT molecular complexity index is 348. The second-order valence-corrected chi connectivity index (χ2v) is 4.65. The predicted octanol–water partition coefficient (Wildman–Crippen LogP) is -1.11. The molecule has 2 amide bonds. The number of carboxylic acid groups (broad SMARTS) is 2. The molecular formula is C12H24N4O6. The predicted molar refractivity (Wildman–Crippen MR) is 77.4 cm³/mol. The van der Waals surface area contributed by atoms with Gasteiger partial charge in [-0.05, 0) is 0 Å². The highest BCUT2D eigenvalue weighted by Gasteiger charge is 2.07. The Morgan fingerprint density at radius 3 is 1.14 bits per heavy atom. The summed E-state index contributed by atoms with van der Waals surface area (Å²) in [5, 5.41) is 18.9. The summed E-state index contributed by atoms with van der Waals surface area (Å²) >= 11 is 0. The Kier molecular flexibility index (Phi) is 12.6. The van der Waals surface area contributed by atoms with Crippen molar-refractivity contribution < 1.29 is 29.4 Å². The van der Waals surface area contributed by atoms with Crippen molar-refractivity contribution in [1.82, 2.24) is 20.9 Å². The molecule has 0 aliphatic carbocycles. The number of hydrazine groups is 2. The minimum Gasteiger partial charge on any atom is -0.481 e. The maximum Gasteiger partial charge on any atom is 0.303 e. The van der Waals surface area contributed by atoms with Crippen LogP contribution < -0.4 is 10.9 Å². The first-order chi connectivity index (χ1) is 10.0. The summed E-state index contributed by atoms with van der Waals surface area (Å²) in [5.41, 5.74) is 5.10. The molecule has 10 nitrogen and oxygen atoms in total. The molecule has 0 heterocycles. The molecule has 0 spiro atoms. The summed E-state index contributed by atoms with van der Waals surface area (Å²) in [4.78, 5) is 41.5. The second-order valence-electron chi connectivity index (χ2n) is 4.65. The minimum absolute atomic E-state index is 0.163. The van der Waals surface area contributed by atoms with Crippen LogP contribution >= 0.6 is 0 Å². The van der Waals surface area contributed by atoms with Crippen molar-refractivity contribution in [2.45, 2.75) is 25.7 Å². The minimum atomic E-state index is -1.08. The summed E-state index contributed by atoms with van der Waals surface area (Å²) in [5.74, 6) is -2.48. The molecule has 0 radical (unpaired) electrons. The number of aliphatic carboxylic acids is 2. The molecule has 0 rings (SSSR count). The molecule has 0 aliphatic heterocycles. The Morgan fingerprint density at radius 2 is 0.955 bits per heavy atom. The summed E-state index contributed by atoms with van der Waals surface area (Å²) in [6, 6.07) is 0. The van der Waals surface area contributed by atoms with Crippen molar-refractivity contribution in [3.05, 3.63) is 0 Å². The largest absolute Gasteiger partial charge is 0.481 e. The van der Waals surface area contributed by atoms with Crippen LogP contribution in [0.4, 0.5) is 0 Å². The van der Waals surface area contributed by atoms with E-state index in [9.17, 15) is 19.2 Å². The van der Waals surface area contributed by atoms with Crippen molar-refractivity contribution in [3.63, 3.8) is 0 Å². The van der Waals surface area contributed by atoms with Gasteiger partial charge in [0.25, 0.3) is 0 Å². The van der Waals surface area contributed by atoms with Gasteiger partial charge in [-0.3, -0.25) is 30.0 Å². The number of amides is 2. The molecule has 4 N–H and O–H groups in total.